The molecule has 2 heterocycles. The number of anilines is 1. The third-order valence-electron chi connectivity index (χ3n) is 1.90. The Balaban J connectivity index is 2.03. The van der Waals surface area contributed by atoms with Gasteiger partial charge in [0.05, 0.1) is 6.20 Å². The van der Waals surface area contributed by atoms with Gasteiger partial charge < -0.3 is 5.11 Å². The van der Waals surface area contributed by atoms with Gasteiger partial charge in [-0.2, -0.15) is 0 Å². The third kappa shape index (κ3) is 2.66. The van der Waals surface area contributed by atoms with Gasteiger partial charge in [0.25, 0.3) is 0 Å². The molecule has 18 heavy (non-hydrogen) atoms. The van der Waals surface area contributed by atoms with Crippen molar-refractivity contribution >= 4 is 28.3 Å². The minimum Gasteiger partial charge on any atom is -0.476 e. The van der Waals surface area contributed by atoms with Crippen LogP contribution in [0.25, 0.3) is 0 Å². The molecule has 0 aliphatic rings. The van der Waals surface area contributed by atoms with Crippen LogP contribution in [0.2, 0.25) is 0 Å². The smallest absolute Gasteiger partial charge is 0.355 e. The van der Waals surface area contributed by atoms with Crippen LogP contribution in [-0.2, 0) is 11.3 Å². The molecule has 1 amide bonds. The number of carboxylic acids is 1. The highest BCUT2D eigenvalue weighted by Gasteiger charge is 2.15. The Labute approximate surface area is 104 Å². The molecule has 9 nitrogen and oxygen atoms in total. The summed E-state index contributed by atoms with van der Waals surface area (Å²) in [4.78, 5) is 22.4. The molecule has 0 aliphatic heterocycles. The van der Waals surface area contributed by atoms with E-state index in [0.717, 1.165) is 15.9 Å². The van der Waals surface area contributed by atoms with Crippen LogP contribution in [0.1, 0.15) is 15.5 Å². The maximum atomic E-state index is 11.6. The number of aromatic nitrogens is 5. The molecule has 0 radical (unpaired) electrons. The Morgan fingerprint density at radius 3 is 2.89 bits per heavy atom. The minimum absolute atomic E-state index is 0.154. The number of carbonyl (C=O) groups is 2. The molecule has 2 aromatic rings. The van der Waals surface area contributed by atoms with Gasteiger partial charge in [-0.15, -0.1) is 15.3 Å². The average molecular weight is 268 g/mol. The fourth-order valence-corrected chi connectivity index (χ4v) is 1.79. The Morgan fingerprint density at radius 1 is 1.50 bits per heavy atom. The van der Waals surface area contributed by atoms with Crippen LogP contribution in [0.3, 0.4) is 0 Å². The highest BCUT2D eigenvalue weighted by atomic mass is 32.1. The van der Waals surface area contributed by atoms with Gasteiger partial charge in [-0.25, -0.2) is 9.48 Å². The summed E-state index contributed by atoms with van der Waals surface area (Å²) in [5.41, 5.74) is -0.154. The lowest BCUT2D eigenvalue weighted by atomic mass is 10.4. The van der Waals surface area contributed by atoms with Crippen LogP contribution in [-0.4, -0.2) is 42.2 Å². The lowest BCUT2D eigenvalue weighted by Crippen LogP contribution is -2.22. The first-order valence-electron chi connectivity index (χ1n) is 4.78. The number of nitrogens with zero attached hydrogens (tertiary/aromatic N) is 5. The summed E-state index contributed by atoms with van der Waals surface area (Å²) in [6.45, 7) is 1.51. The Kier molecular flexibility index (Phi) is 3.28. The fraction of sp³-hybridized carbons (Fsp3) is 0.250. The van der Waals surface area contributed by atoms with Crippen molar-refractivity contribution in [2.45, 2.75) is 13.5 Å². The number of carboxylic acid groups (broad SMARTS) is 1. The number of aryl methyl sites for hydroxylation is 1. The molecule has 94 valence electrons. The Hall–Kier alpha value is -2.36. The number of hydrogen-bond acceptors (Lipinski definition) is 7. The molecule has 0 fully saturated rings. The third-order valence-corrected chi connectivity index (χ3v) is 2.66. The van der Waals surface area contributed by atoms with E-state index in [9.17, 15) is 9.59 Å². The largest absolute Gasteiger partial charge is 0.476 e. The summed E-state index contributed by atoms with van der Waals surface area (Å²) >= 11 is 1.22. The maximum absolute atomic E-state index is 11.6. The van der Waals surface area contributed by atoms with Gasteiger partial charge in [0.1, 0.15) is 11.6 Å². The van der Waals surface area contributed by atoms with Crippen molar-refractivity contribution in [3.8, 4) is 0 Å². The predicted octanol–water partition coefficient (Wildman–Crippen LogP) is -0.225. The molecule has 0 aromatic carbocycles. The molecule has 10 heteroatoms. The van der Waals surface area contributed by atoms with Crippen LogP contribution in [0.15, 0.2) is 6.20 Å². The van der Waals surface area contributed by atoms with E-state index in [1.165, 1.54) is 11.3 Å². The second-order valence-corrected chi connectivity index (χ2v) is 4.44. The van der Waals surface area contributed by atoms with Crippen molar-refractivity contribution in [1.82, 2.24) is 25.2 Å². The molecule has 2 N–H and O–H groups in total. The Morgan fingerprint density at radius 2 is 2.28 bits per heavy atom. The number of amides is 1. The lowest BCUT2D eigenvalue weighted by Gasteiger charge is -2.02. The molecule has 0 unspecified atom stereocenters. The molecule has 0 atom stereocenters. The average Bonchev–Trinajstić information content (AvgIpc) is 2.87. The van der Waals surface area contributed by atoms with Crippen LogP contribution in [0, 0.1) is 6.92 Å². The first kappa shape index (κ1) is 12.1. The minimum atomic E-state index is -1.19. The zero-order chi connectivity index (χ0) is 13.1. The summed E-state index contributed by atoms with van der Waals surface area (Å²) < 4.78 is 0.992. The summed E-state index contributed by atoms with van der Waals surface area (Å²) in [6.07, 6.45) is 1.07. The quantitative estimate of drug-likeness (QED) is 0.785. The predicted molar refractivity (Wildman–Crippen MR) is 60.3 cm³/mol. The Bertz CT molecular complexity index is 591. The molecule has 0 bridgehead atoms. The van der Waals surface area contributed by atoms with Crippen LogP contribution in [0.4, 0.5) is 5.13 Å². The summed E-state index contributed by atoms with van der Waals surface area (Å²) in [7, 11) is 0. The van der Waals surface area contributed by atoms with E-state index in [0.29, 0.717) is 5.13 Å². The van der Waals surface area contributed by atoms with E-state index in [-0.39, 0.29) is 12.2 Å². The monoisotopic (exact) mass is 268 g/mol. The summed E-state index contributed by atoms with van der Waals surface area (Å²) in [6, 6.07) is 0. The standard InChI is InChI=1S/C8H8N6O3S/c1-4-11-12-8(18-4)10-6(15)3-14-5(7(16)17)2-9-13-14/h2H,3H2,1H3,(H,16,17)(H,10,12,15). The van der Waals surface area contributed by atoms with Gasteiger partial charge >= 0.3 is 5.97 Å². The topological polar surface area (TPSA) is 123 Å². The summed E-state index contributed by atoms with van der Waals surface area (Å²) in [5, 5.41) is 26.8. The first-order valence-corrected chi connectivity index (χ1v) is 5.59. The second-order valence-electron chi connectivity index (χ2n) is 3.26. The van der Waals surface area contributed by atoms with E-state index in [2.05, 4.69) is 25.8 Å². The zero-order valence-electron chi connectivity index (χ0n) is 9.19. The van der Waals surface area contributed by atoms with Gasteiger partial charge in [0.15, 0.2) is 5.69 Å². The number of rotatable bonds is 4. The van der Waals surface area contributed by atoms with E-state index >= 15 is 0 Å². The van der Waals surface area contributed by atoms with Crippen molar-refractivity contribution in [2.75, 3.05) is 5.32 Å². The van der Waals surface area contributed by atoms with Crippen molar-refractivity contribution in [1.29, 1.82) is 0 Å². The van der Waals surface area contributed by atoms with Crippen molar-refractivity contribution < 1.29 is 14.7 Å². The molecule has 2 aromatic heterocycles. The summed E-state index contributed by atoms with van der Waals surface area (Å²) in [5.74, 6) is -1.64. The molecule has 0 aliphatic carbocycles. The van der Waals surface area contributed by atoms with E-state index in [4.69, 9.17) is 5.11 Å². The molecular formula is C8H8N6O3S. The van der Waals surface area contributed by atoms with Crippen molar-refractivity contribution in [2.24, 2.45) is 0 Å². The van der Waals surface area contributed by atoms with E-state index in [1.807, 2.05) is 0 Å². The zero-order valence-corrected chi connectivity index (χ0v) is 10.0. The van der Waals surface area contributed by atoms with Crippen LogP contribution in [0.5, 0.6) is 0 Å². The van der Waals surface area contributed by atoms with Gasteiger partial charge in [-0.1, -0.05) is 16.6 Å². The first-order chi connectivity index (χ1) is 8.56. The van der Waals surface area contributed by atoms with E-state index in [1.54, 1.807) is 6.92 Å². The van der Waals surface area contributed by atoms with Crippen molar-refractivity contribution in [3.05, 3.63) is 16.9 Å². The van der Waals surface area contributed by atoms with E-state index < -0.39 is 11.9 Å². The van der Waals surface area contributed by atoms with Gasteiger partial charge in [0.2, 0.25) is 11.0 Å². The normalized spacial score (nSPS) is 10.3. The van der Waals surface area contributed by atoms with Gasteiger partial charge in [0, 0.05) is 0 Å². The molecule has 0 saturated carbocycles. The van der Waals surface area contributed by atoms with Crippen molar-refractivity contribution in [3.63, 3.8) is 0 Å². The maximum Gasteiger partial charge on any atom is 0.355 e. The van der Waals surface area contributed by atoms with Crippen LogP contribution >= 0.6 is 11.3 Å². The van der Waals surface area contributed by atoms with Crippen LogP contribution < -0.4 is 5.32 Å². The highest BCUT2D eigenvalue weighted by Crippen LogP contribution is 2.13. The number of hydrogen-bond donors (Lipinski definition) is 2. The molecule has 0 saturated heterocycles. The number of nitrogens with one attached hydrogen (secondary N) is 1. The second kappa shape index (κ2) is 4.87. The molecule has 0 spiro atoms. The SMILES string of the molecule is Cc1nnc(NC(=O)Cn2nncc2C(=O)O)s1. The number of carbonyl (C=O) groups excluding carboxylic acids is 1. The van der Waals surface area contributed by atoms with Gasteiger partial charge in [-0.05, 0) is 6.92 Å². The number of aromatic carboxylic acids is 1. The lowest BCUT2D eigenvalue weighted by molar-refractivity contribution is -0.116. The fourth-order valence-electron chi connectivity index (χ4n) is 1.18. The molecular weight excluding hydrogens is 260 g/mol. The highest BCUT2D eigenvalue weighted by molar-refractivity contribution is 7.15. The molecule has 2 rings (SSSR count). The van der Waals surface area contributed by atoms with Gasteiger partial charge in [-0.3, -0.25) is 10.1 Å².